The summed E-state index contributed by atoms with van der Waals surface area (Å²) in [6.07, 6.45) is 1.59. The molecule has 4 aromatic carbocycles. The van der Waals surface area contributed by atoms with Gasteiger partial charge in [0.2, 0.25) is 0 Å². The lowest BCUT2D eigenvalue weighted by molar-refractivity contribution is -0.151. The van der Waals surface area contributed by atoms with Crippen LogP contribution in [0, 0.1) is 17.4 Å². The highest BCUT2D eigenvalue weighted by Crippen LogP contribution is 2.52. The number of hydrogen-bond acceptors (Lipinski definition) is 3. The minimum Gasteiger partial charge on any atom is -0.481 e. The SMILES string of the molecule is Cc1cc([SH](c2ccccc2)c2ccccc2)cc(C)c1OCC(=O)OC1CCc2c(I)cccc21. The fourth-order valence-electron chi connectivity index (χ4n) is 4.90. The molecule has 1 aliphatic rings. The molecule has 0 radical (unpaired) electrons. The Hall–Kier alpha value is -2.77. The van der Waals surface area contributed by atoms with Crippen molar-refractivity contribution in [3.8, 4) is 5.75 Å². The van der Waals surface area contributed by atoms with Crippen molar-refractivity contribution in [3.63, 3.8) is 0 Å². The van der Waals surface area contributed by atoms with Gasteiger partial charge in [0.05, 0.1) is 0 Å². The second-order valence-electron chi connectivity index (χ2n) is 9.03. The van der Waals surface area contributed by atoms with E-state index in [1.165, 1.54) is 23.8 Å². The second kappa shape index (κ2) is 11.1. The Kier molecular flexibility index (Phi) is 7.67. The zero-order valence-electron chi connectivity index (χ0n) is 20.4. The fourth-order valence-corrected chi connectivity index (χ4v) is 8.17. The van der Waals surface area contributed by atoms with Crippen LogP contribution >= 0.6 is 33.5 Å². The molecular weight excluding hydrogens is 579 g/mol. The highest BCUT2D eigenvalue weighted by molar-refractivity contribution is 14.1. The third-order valence-electron chi connectivity index (χ3n) is 6.50. The highest BCUT2D eigenvalue weighted by atomic mass is 127. The largest absolute Gasteiger partial charge is 0.481 e. The number of esters is 1. The third-order valence-corrected chi connectivity index (χ3v) is 9.91. The van der Waals surface area contributed by atoms with Crippen LogP contribution in [0.25, 0.3) is 0 Å². The van der Waals surface area contributed by atoms with Crippen LogP contribution in [0.5, 0.6) is 5.75 Å². The van der Waals surface area contributed by atoms with E-state index in [0.29, 0.717) is 0 Å². The lowest BCUT2D eigenvalue weighted by Gasteiger charge is -2.25. The van der Waals surface area contributed by atoms with E-state index in [2.05, 4.69) is 121 Å². The van der Waals surface area contributed by atoms with Gasteiger partial charge >= 0.3 is 5.97 Å². The average Bonchev–Trinajstić information content (AvgIpc) is 3.29. The first kappa shape index (κ1) is 24.9. The summed E-state index contributed by atoms with van der Waals surface area (Å²) in [5.74, 6) is 0.429. The van der Waals surface area contributed by atoms with Gasteiger partial charge in [-0.2, -0.15) is 10.9 Å². The van der Waals surface area contributed by atoms with Crippen molar-refractivity contribution in [2.75, 3.05) is 6.61 Å². The van der Waals surface area contributed by atoms with Gasteiger partial charge in [-0.3, -0.25) is 0 Å². The quantitative estimate of drug-likeness (QED) is 0.131. The van der Waals surface area contributed by atoms with E-state index in [1.54, 1.807) is 0 Å². The maximum absolute atomic E-state index is 12.7. The number of aryl methyl sites for hydroxylation is 2. The average molecular weight is 609 g/mol. The standard InChI is InChI=1S/C31H29IO3S/c1-21-18-25(36(23-10-5-3-6-11-23)24-12-7-4-8-13-24)19-22(2)31(21)34-20-30(33)35-29-17-16-26-27(29)14-9-15-28(26)32/h3-15,18-19,29,36H,16-17,20H2,1-2H3. The molecule has 5 rings (SSSR count). The summed E-state index contributed by atoms with van der Waals surface area (Å²) in [7, 11) is -0.697. The van der Waals surface area contributed by atoms with E-state index in [-0.39, 0.29) is 18.7 Å². The Morgan fingerprint density at radius 2 is 1.47 bits per heavy atom. The topological polar surface area (TPSA) is 35.5 Å². The number of rotatable bonds is 7. The van der Waals surface area contributed by atoms with E-state index in [0.717, 1.165) is 35.3 Å². The number of ether oxygens (including phenoxy) is 2. The summed E-state index contributed by atoms with van der Waals surface area (Å²) in [5.41, 5.74) is 4.48. The number of hydrogen-bond donors (Lipinski definition) is 1. The molecule has 4 aromatic rings. The minimum atomic E-state index is -0.697. The Morgan fingerprint density at radius 3 is 2.08 bits per heavy atom. The zero-order valence-corrected chi connectivity index (χ0v) is 23.5. The van der Waals surface area contributed by atoms with Crippen LogP contribution in [0.15, 0.2) is 106 Å². The molecule has 0 heterocycles. The molecule has 0 spiro atoms. The molecule has 1 unspecified atom stereocenters. The van der Waals surface area contributed by atoms with Gasteiger partial charge < -0.3 is 9.47 Å². The molecule has 0 fully saturated rings. The van der Waals surface area contributed by atoms with Crippen LogP contribution in [0.3, 0.4) is 0 Å². The molecule has 0 bridgehead atoms. The van der Waals surface area contributed by atoms with Crippen LogP contribution in [-0.4, -0.2) is 12.6 Å². The van der Waals surface area contributed by atoms with Gasteiger partial charge in [0.1, 0.15) is 11.9 Å². The van der Waals surface area contributed by atoms with Crippen LogP contribution in [-0.2, 0) is 16.0 Å². The van der Waals surface area contributed by atoms with Gasteiger partial charge in [-0.1, -0.05) is 48.5 Å². The van der Waals surface area contributed by atoms with Gasteiger partial charge in [-0.05, 0) is 129 Å². The smallest absolute Gasteiger partial charge is 0.344 e. The molecule has 1 aliphatic carbocycles. The van der Waals surface area contributed by atoms with E-state index >= 15 is 0 Å². The third kappa shape index (κ3) is 5.32. The molecule has 3 nitrogen and oxygen atoms in total. The van der Waals surface area contributed by atoms with Gasteiger partial charge in [0.15, 0.2) is 6.61 Å². The zero-order chi connectivity index (χ0) is 25.1. The molecule has 1 atom stereocenters. The van der Waals surface area contributed by atoms with E-state index < -0.39 is 10.9 Å². The summed E-state index contributed by atoms with van der Waals surface area (Å²) in [5, 5.41) is 0. The van der Waals surface area contributed by atoms with Crippen molar-refractivity contribution in [1.29, 1.82) is 0 Å². The van der Waals surface area contributed by atoms with Crippen molar-refractivity contribution in [1.82, 2.24) is 0 Å². The number of carbonyl (C=O) groups is 1. The van der Waals surface area contributed by atoms with Crippen LogP contribution in [0.2, 0.25) is 0 Å². The Bertz CT molecular complexity index is 1310. The summed E-state index contributed by atoms with van der Waals surface area (Å²) in [6, 6.07) is 31.9. The summed E-state index contributed by atoms with van der Waals surface area (Å²) < 4.78 is 13.1. The first-order valence-corrected chi connectivity index (χ1v) is 14.5. The molecular formula is C31H29IO3S. The molecule has 0 aromatic heterocycles. The highest BCUT2D eigenvalue weighted by Gasteiger charge is 2.27. The van der Waals surface area contributed by atoms with Crippen molar-refractivity contribution in [2.24, 2.45) is 0 Å². The minimum absolute atomic E-state index is 0.0943. The summed E-state index contributed by atoms with van der Waals surface area (Å²) in [4.78, 5) is 16.6. The first-order valence-electron chi connectivity index (χ1n) is 12.1. The number of thiol groups is 1. The molecule has 0 saturated heterocycles. The molecule has 5 heteroatoms. The number of fused-ring (bicyclic) bond motifs is 1. The fraction of sp³-hybridized carbons (Fsp3) is 0.194. The van der Waals surface area contributed by atoms with Gasteiger partial charge in [0.25, 0.3) is 0 Å². The lowest BCUT2D eigenvalue weighted by Crippen LogP contribution is -2.18. The Balaban J connectivity index is 1.33. The van der Waals surface area contributed by atoms with Crippen LogP contribution < -0.4 is 4.74 Å². The van der Waals surface area contributed by atoms with Crippen molar-refractivity contribution in [3.05, 3.63) is 117 Å². The van der Waals surface area contributed by atoms with Crippen molar-refractivity contribution >= 4 is 39.5 Å². The first-order chi connectivity index (χ1) is 17.5. The van der Waals surface area contributed by atoms with Gasteiger partial charge in [-0.25, -0.2) is 4.79 Å². The molecule has 36 heavy (non-hydrogen) atoms. The molecule has 0 amide bonds. The lowest BCUT2D eigenvalue weighted by atomic mass is 10.1. The number of halogens is 1. The maximum Gasteiger partial charge on any atom is 0.344 e. The van der Waals surface area contributed by atoms with Crippen LogP contribution in [0.4, 0.5) is 0 Å². The van der Waals surface area contributed by atoms with Crippen molar-refractivity contribution in [2.45, 2.75) is 47.5 Å². The summed E-state index contributed by atoms with van der Waals surface area (Å²) >= 11 is 2.35. The van der Waals surface area contributed by atoms with Crippen molar-refractivity contribution < 1.29 is 14.3 Å². The Morgan fingerprint density at radius 1 is 0.861 bits per heavy atom. The predicted octanol–water partition coefficient (Wildman–Crippen LogP) is 8.00. The molecule has 184 valence electrons. The Labute approximate surface area is 229 Å². The number of benzene rings is 4. The predicted molar refractivity (Wildman–Crippen MR) is 154 cm³/mol. The molecule has 0 N–H and O–H groups in total. The summed E-state index contributed by atoms with van der Waals surface area (Å²) in [6.45, 7) is 4.01. The van der Waals surface area contributed by atoms with Gasteiger partial charge in [0, 0.05) is 3.57 Å². The normalized spacial score (nSPS) is 14.8. The number of carbonyl (C=O) groups excluding carboxylic acids is 1. The van der Waals surface area contributed by atoms with E-state index in [1.807, 2.05) is 6.07 Å². The monoisotopic (exact) mass is 608 g/mol. The van der Waals surface area contributed by atoms with Gasteiger partial charge in [-0.15, -0.1) is 0 Å². The molecule has 0 aliphatic heterocycles. The van der Waals surface area contributed by atoms with Crippen LogP contribution in [0.1, 0.15) is 34.8 Å². The molecule has 0 saturated carbocycles. The maximum atomic E-state index is 12.7. The van der Waals surface area contributed by atoms with E-state index in [9.17, 15) is 4.79 Å². The van der Waals surface area contributed by atoms with E-state index in [4.69, 9.17) is 9.47 Å². The second-order valence-corrected chi connectivity index (χ2v) is 12.4.